The monoisotopic (exact) mass is 332 g/mol. The zero-order valence-electron chi connectivity index (χ0n) is 13.2. The summed E-state index contributed by atoms with van der Waals surface area (Å²) >= 11 is 1.58. The van der Waals surface area contributed by atoms with Gasteiger partial charge < -0.3 is 15.2 Å². The molecule has 0 aliphatic heterocycles. The van der Waals surface area contributed by atoms with Crippen LogP contribution in [-0.4, -0.2) is 35.4 Å². The van der Waals surface area contributed by atoms with Crippen molar-refractivity contribution in [3.05, 3.63) is 53.7 Å². The molecule has 6 heteroatoms. The molecule has 0 saturated carbocycles. The largest absolute Gasteiger partial charge is 0.497 e. The first kappa shape index (κ1) is 17.3. The van der Waals surface area contributed by atoms with E-state index >= 15 is 0 Å². The van der Waals surface area contributed by atoms with E-state index in [0.29, 0.717) is 5.56 Å². The third-order valence-corrected chi connectivity index (χ3v) is 4.05. The minimum Gasteiger partial charge on any atom is -0.497 e. The molecule has 0 saturated heterocycles. The quantitative estimate of drug-likeness (QED) is 0.763. The van der Waals surface area contributed by atoms with Crippen molar-refractivity contribution in [2.75, 3.05) is 19.4 Å². The average molecular weight is 332 g/mol. The van der Waals surface area contributed by atoms with E-state index in [1.165, 1.54) is 0 Å². The Bertz CT molecular complexity index is 647. The van der Waals surface area contributed by atoms with Crippen molar-refractivity contribution in [3.8, 4) is 5.75 Å². The second-order valence-corrected chi connectivity index (χ2v) is 6.10. The topological polar surface area (TPSA) is 71.5 Å². The molecule has 5 nitrogen and oxygen atoms in total. The molecule has 0 fully saturated rings. The Morgan fingerprint density at radius 2 is 2.09 bits per heavy atom. The number of aromatic nitrogens is 1. The number of carbonyl (C=O) groups excluding carboxylic acids is 1. The number of hydrogen-bond donors (Lipinski definition) is 2. The Balaban J connectivity index is 1.93. The summed E-state index contributed by atoms with van der Waals surface area (Å²) < 4.78 is 5.08. The predicted octanol–water partition coefficient (Wildman–Crippen LogP) is 2.67. The number of nitrogens with one attached hydrogen (secondary N) is 1. The molecule has 2 aromatic rings. The summed E-state index contributed by atoms with van der Waals surface area (Å²) in [5.41, 5.74) is 1.26. The van der Waals surface area contributed by atoms with Crippen LogP contribution in [0.2, 0.25) is 0 Å². The first-order valence-electron chi connectivity index (χ1n) is 7.33. The van der Waals surface area contributed by atoms with Crippen LogP contribution in [0.4, 0.5) is 0 Å². The van der Waals surface area contributed by atoms with Gasteiger partial charge >= 0.3 is 0 Å². The number of aliphatic hydroxyl groups is 1. The van der Waals surface area contributed by atoms with Crippen molar-refractivity contribution in [1.82, 2.24) is 10.3 Å². The van der Waals surface area contributed by atoms with Gasteiger partial charge in [0.15, 0.2) is 0 Å². The third-order valence-electron chi connectivity index (χ3n) is 3.25. The zero-order chi connectivity index (χ0) is 16.7. The van der Waals surface area contributed by atoms with E-state index in [0.717, 1.165) is 22.1 Å². The Hall–Kier alpha value is -2.05. The van der Waals surface area contributed by atoms with Gasteiger partial charge in [-0.15, -0.1) is 11.8 Å². The highest BCUT2D eigenvalue weighted by Crippen LogP contribution is 2.18. The standard InChI is InChI=1S/C17H20N2O3S/c1-3-23-16-10-13(8-9-18-16)17(21)19-11-15(20)12-4-6-14(22-2)7-5-12/h4-10,15,20H,3,11H2,1-2H3,(H,19,21)/t15-/m0/s1. The molecule has 1 aromatic heterocycles. The van der Waals surface area contributed by atoms with Gasteiger partial charge in [0, 0.05) is 18.3 Å². The first-order chi connectivity index (χ1) is 11.1. The van der Waals surface area contributed by atoms with E-state index in [2.05, 4.69) is 10.3 Å². The number of thioether (sulfide) groups is 1. The van der Waals surface area contributed by atoms with Crippen molar-refractivity contribution >= 4 is 17.7 Å². The summed E-state index contributed by atoms with van der Waals surface area (Å²) in [6.07, 6.45) is 0.850. The molecule has 1 amide bonds. The maximum absolute atomic E-state index is 12.2. The molecule has 0 unspecified atom stereocenters. The molecule has 1 aromatic carbocycles. The second-order valence-electron chi connectivity index (χ2n) is 4.81. The summed E-state index contributed by atoms with van der Waals surface area (Å²) in [5, 5.41) is 13.7. The van der Waals surface area contributed by atoms with Crippen molar-refractivity contribution < 1.29 is 14.6 Å². The summed E-state index contributed by atoms with van der Waals surface area (Å²) in [6, 6.07) is 10.5. The lowest BCUT2D eigenvalue weighted by Gasteiger charge is -2.13. The van der Waals surface area contributed by atoms with Crippen molar-refractivity contribution in [1.29, 1.82) is 0 Å². The Morgan fingerprint density at radius 3 is 2.74 bits per heavy atom. The molecule has 2 rings (SSSR count). The number of nitrogens with zero attached hydrogens (tertiary/aromatic N) is 1. The highest BCUT2D eigenvalue weighted by Gasteiger charge is 2.11. The third kappa shape index (κ3) is 4.97. The van der Waals surface area contributed by atoms with Gasteiger partial charge in [0.2, 0.25) is 0 Å². The highest BCUT2D eigenvalue weighted by atomic mass is 32.2. The van der Waals surface area contributed by atoms with Crippen molar-refractivity contribution in [3.63, 3.8) is 0 Å². The van der Waals surface area contributed by atoms with Crippen LogP contribution in [0.25, 0.3) is 0 Å². The van der Waals surface area contributed by atoms with E-state index in [-0.39, 0.29) is 12.5 Å². The number of carbonyl (C=O) groups is 1. The van der Waals surface area contributed by atoms with Gasteiger partial charge in [-0.25, -0.2) is 4.98 Å². The van der Waals surface area contributed by atoms with Gasteiger partial charge in [-0.1, -0.05) is 19.1 Å². The molecule has 0 bridgehead atoms. The van der Waals surface area contributed by atoms with Crippen LogP contribution < -0.4 is 10.1 Å². The minimum atomic E-state index is -0.767. The molecule has 0 aliphatic carbocycles. The van der Waals surface area contributed by atoms with Crippen molar-refractivity contribution in [2.24, 2.45) is 0 Å². The van der Waals surface area contributed by atoms with Crippen molar-refractivity contribution in [2.45, 2.75) is 18.1 Å². The number of ether oxygens (including phenoxy) is 1. The summed E-state index contributed by atoms with van der Waals surface area (Å²) in [4.78, 5) is 16.4. The maximum atomic E-state index is 12.2. The Labute approximate surface area is 140 Å². The van der Waals surface area contributed by atoms with Gasteiger partial charge in [0.25, 0.3) is 5.91 Å². The molecule has 23 heavy (non-hydrogen) atoms. The molecular weight excluding hydrogens is 312 g/mol. The predicted molar refractivity (Wildman–Crippen MR) is 90.9 cm³/mol. The lowest BCUT2D eigenvalue weighted by Crippen LogP contribution is -2.28. The minimum absolute atomic E-state index is 0.143. The van der Waals surface area contributed by atoms with E-state index in [4.69, 9.17) is 4.74 Å². The molecular formula is C17H20N2O3S. The Kier molecular flexibility index (Phi) is 6.43. The van der Waals surface area contributed by atoms with Gasteiger partial charge in [-0.3, -0.25) is 4.79 Å². The second kappa shape index (κ2) is 8.55. The maximum Gasteiger partial charge on any atom is 0.251 e. The van der Waals surface area contributed by atoms with E-state index < -0.39 is 6.10 Å². The fourth-order valence-electron chi connectivity index (χ4n) is 2.01. The summed E-state index contributed by atoms with van der Waals surface area (Å²) in [6.45, 7) is 2.17. The number of hydrogen-bond acceptors (Lipinski definition) is 5. The normalized spacial score (nSPS) is 11.8. The summed E-state index contributed by atoms with van der Waals surface area (Å²) in [7, 11) is 1.59. The van der Waals surface area contributed by atoms with Crippen LogP contribution in [0.15, 0.2) is 47.6 Å². The van der Waals surface area contributed by atoms with Crippen LogP contribution >= 0.6 is 11.8 Å². The lowest BCUT2D eigenvalue weighted by atomic mass is 10.1. The van der Waals surface area contributed by atoms with Gasteiger partial charge in [0.05, 0.1) is 18.2 Å². The fraction of sp³-hybridized carbons (Fsp3) is 0.294. The fourth-order valence-corrected chi connectivity index (χ4v) is 2.65. The summed E-state index contributed by atoms with van der Waals surface area (Å²) in [5.74, 6) is 1.40. The van der Waals surface area contributed by atoms with Crippen LogP contribution in [0.5, 0.6) is 5.75 Å². The van der Waals surface area contributed by atoms with E-state index in [9.17, 15) is 9.90 Å². The number of methoxy groups -OCH3 is 1. The molecule has 122 valence electrons. The molecule has 0 aliphatic rings. The number of amides is 1. The van der Waals surface area contributed by atoms with Crippen LogP contribution in [0.3, 0.4) is 0 Å². The van der Waals surface area contributed by atoms with E-state index in [1.54, 1.807) is 61.5 Å². The lowest BCUT2D eigenvalue weighted by molar-refractivity contribution is 0.0916. The van der Waals surface area contributed by atoms with Gasteiger partial charge in [-0.2, -0.15) is 0 Å². The number of pyridine rings is 1. The van der Waals surface area contributed by atoms with Crippen LogP contribution in [0, 0.1) is 0 Å². The molecule has 2 N–H and O–H groups in total. The number of rotatable bonds is 7. The van der Waals surface area contributed by atoms with E-state index in [1.807, 2.05) is 6.92 Å². The Morgan fingerprint density at radius 1 is 1.35 bits per heavy atom. The van der Waals surface area contributed by atoms with Gasteiger partial charge in [0.1, 0.15) is 5.75 Å². The first-order valence-corrected chi connectivity index (χ1v) is 8.31. The molecule has 1 atom stereocenters. The molecule has 0 radical (unpaired) electrons. The van der Waals surface area contributed by atoms with Crippen LogP contribution in [0.1, 0.15) is 28.9 Å². The highest BCUT2D eigenvalue weighted by molar-refractivity contribution is 7.99. The molecule has 0 spiro atoms. The van der Waals surface area contributed by atoms with Gasteiger partial charge in [-0.05, 0) is 35.6 Å². The number of benzene rings is 1. The average Bonchev–Trinajstić information content (AvgIpc) is 2.60. The number of aliphatic hydroxyl groups excluding tert-OH is 1. The zero-order valence-corrected chi connectivity index (χ0v) is 14.0. The smallest absolute Gasteiger partial charge is 0.251 e. The molecule has 1 heterocycles. The van der Waals surface area contributed by atoms with Crippen LogP contribution in [-0.2, 0) is 0 Å². The SMILES string of the molecule is CCSc1cc(C(=O)NC[C@H](O)c2ccc(OC)cc2)ccn1.